The maximum Gasteiger partial charge on any atom is 0.259 e. The van der Waals surface area contributed by atoms with E-state index in [1.165, 1.54) is 0 Å². The number of aromatic hydroxyl groups is 1. The minimum absolute atomic E-state index is 0.119. The van der Waals surface area contributed by atoms with E-state index in [9.17, 15) is 14.7 Å². The zero-order valence-electron chi connectivity index (χ0n) is 19.4. The summed E-state index contributed by atoms with van der Waals surface area (Å²) in [5.74, 6) is -0.711. The summed E-state index contributed by atoms with van der Waals surface area (Å²) in [5.41, 5.74) is 3.85. The Hall–Kier alpha value is -3.84. The predicted octanol–water partition coefficient (Wildman–Crippen LogP) is 4.13. The van der Waals surface area contributed by atoms with Crippen molar-refractivity contribution in [2.75, 3.05) is 19.6 Å². The smallest absolute Gasteiger partial charge is 0.259 e. The van der Waals surface area contributed by atoms with Crippen molar-refractivity contribution < 1.29 is 14.7 Å². The van der Waals surface area contributed by atoms with Gasteiger partial charge in [0.25, 0.3) is 11.8 Å². The molecule has 0 saturated carbocycles. The van der Waals surface area contributed by atoms with Crippen LogP contribution >= 0.6 is 0 Å². The Bertz CT molecular complexity index is 1440. The van der Waals surface area contributed by atoms with Crippen LogP contribution in [0, 0.1) is 0 Å². The second kappa shape index (κ2) is 8.83. The number of aromatic nitrogens is 2. The molecule has 0 aliphatic carbocycles. The minimum Gasteiger partial charge on any atom is -0.508 e. The number of carbonyl (C=O) groups is 2. The quantitative estimate of drug-likeness (QED) is 0.348. The maximum absolute atomic E-state index is 13.1. The topological polar surface area (TPSA) is 90.4 Å². The van der Waals surface area contributed by atoms with E-state index in [0.717, 1.165) is 54.4 Å². The number of hydrogen-bond acceptors (Lipinski definition) is 4. The number of fused-ring (bicyclic) bond motifs is 2. The second-order valence-electron chi connectivity index (χ2n) is 8.60. The molecule has 0 unspecified atom stereocenters. The largest absolute Gasteiger partial charge is 0.508 e. The second-order valence-corrected chi connectivity index (χ2v) is 8.60. The SMILES string of the molecule is CCN(CC)CCCn1cc(C2=C(c3c[nH]c4ccccc34)C(=O)NC2=O)c2cc(O)ccc21. The highest BCUT2D eigenvalue weighted by atomic mass is 16.3. The third kappa shape index (κ3) is 3.68. The van der Waals surface area contributed by atoms with Crippen LogP contribution in [0.2, 0.25) is 0 Å². The number of nitrogens with one attached hydrogen (secondary N) is 2. The molecule has 0 fully saturated rings. The molecule has 34 heavy (non-hydrogen) atoms. The summed E-state index contributed by atoms with van der Waals surface area (Å²) in [6, 6.07) is 12.9. The minimum atomic E-state index is -0.421. The van der Waals surface area contributed by atoms with E-state index in [2.05, 4.69) is 33.6 Å². The molecule has 2 aromatic carbocycles. The Balaban J connectivity index is 1.65. The van der Waals surface area contributed by atoms with Crippen LogP contribution in [0.15, 0.2) is 54.9 Å². The first-order chi connectivity index (χ1) is 16.5. The van der Waals surface area contributed by atoms with Crippen LogP contribution in [0.1, 0.15) is 31.4 Å². The lowest BCUT2D eigenvalue weighted by Gasteiger charge is -2.18. The average molecular weight is 457 g/mol. The van der Waals surface area contributed by atoms with Gasteiger partial charge >= 0.3 is 0 Å². The fourth-order valence-corrected chi connectivity index (χ4v) is 4.92. The van der Waals surface area contributed by atoms with Crippen molar-refractivity contribution in [1.82, 2.24) is 19.8 Å². The van der Waals surface area contributed by atoms with Crippen molar-refractivity contribution in [3.63, 3.8) is 0 Å². The molecule has 2 aromatic heterocycles. The summed E-state index contributed by atoms with van der Waals surface area (Å²) >= 11 is 0. The van der Waals surface area contributed by atoms with Crippen LogP contribution in [-0.4, -0.2) is 51.0 Å². The number of phenolic OH excluding ortho intramolecular Hbond substituents is 1. The predicted molar refractivity (Wildman–Crippen MR) is 134 cm³/mol. The first-order valence-corrected chi connectivity index (χ1v) is 11.7. The highest BCUT2D eigenvalue weighted by molar-refractivity contribution is 6.50. The molecule has 7 nitrogen and oxygen atoms in total. The third-order valence-corrected chi connectivity index (χ3v) is 6.69. The van der Waals surface area contributed by atoms with E-state index in [0.29, 0.717) is 22.3 Å². The number of aromatic amines is 1. The van der Waals surface area contributed by atoms with E-state index in [4.69, 9.17) is 0 Å². The molecule has 174 valence electrons. The number of aryl methyl sites for hydroxylation is 1. The molecule has 0 atom stereocenters. The van der Waals surface area contributed by atoms with Gasteiger partial charge in [0.1, 0.15) is 5.75 Å². The fourth-order valence-electron chi connectivity index (χ4n) is 4.92. The summed E-state index contributed by atoms with van der Waals surface area (Å²) in [7, 11) is 0. The van der Waals surface area contributed by atoms with Gasteiger partial charge in [0, 0.05) is 51.9 Å². The maximum atomic E-state index is 13.1. The van der Waals surface area contributed by atoms with Gasteiger partial charge in [-0.15, -0.1) is 0 Å². The number of carbonyl (C=O) groups excluding carboxylic acids is 2. The van der Waals surface area contributed by atoms with Crippen LogP contribution in [0.25, 0.3) is 33.0 Å². The van der Waals surface area contributed by atoms with Crippen LogP contribution in [0.3, 0.4) is 0 Å². The van der Waals surface area contributed by atoms with E-state index in [-0.39, 0.29) is 5.75 Å². The Morgan fingerprint density at radius 3 is 2.44 bits per heavy atom. The highest BCUT2D eigenvalue weighted by Crippen LogP contribution is 2.39. The molecule has 0 spiro atoms. The van der Waals surface area contributed by atoms with Crippen LogP contribution < -0.4 is 5.32 Å². The molecule has 1 aliphatic rings. The van der Waals surface area contributed by atoms with Crippen LogP contribution in [0.4, 0.5) is 0 Å². The third-order valence-electron chi connectivity index (χ3n) is 6.69. The van der Waals surface area contributed by atoms with Crippen molar-refractivity contribution in [3.05, 3.63) is 66.0 Å². The number of imide groups is 1. The van der Waals surface area contributed by atoms with Gasteiger partial charge in [-0.25, -0.2) is 0 Å². The number of phenols is 1. The average Bonchev–Trinajstić information content (AvgIpc) is 3.49. The molecular formula is C27H28N4O3. The summed E-state index contributed by atoms with van der Waals surface area (Å²) in [5, 5.41) is 14.3. The lowest BCUT2D eigenvalue weighted by atomic mass is 9.95. The van der Waals surface area contributed by atoms with Crippen molar-refractivity contribution in [2.24, 2.45) is 0 Å². The number of nitrogens with zero attached hydrogens (tertiary/aromatic N) is 2. The zero-order valence-corrected chi connectivity index (χ0v) is 19.4. The lowest BCUT2D eigenvalue weighted by molar-refractivity contribution is -0.122. The molecule has 5 rings (SSSR count). The van der Waals surface area contributed by atoms with Crippen LogP contribution in [0.5, 0.6) is 5.75 Å². The molecule has 3 heterocycles. The monoisotopic (exact) mass is 456 g/mol. The zero-order chi connectivity index (χ0) is 23.8. The van der Waals surface area contributed by atoms with E-state index < -0.39 is 11.8 Å². The Labute approximate surface area is 197 Å². The standard InChI is InChI=1S/C27H28N4O3/c1-3-30(4-2)12-7-13-31-16-21(19-14-17(32)10-11-23(19)31)25-24(26(33)29-27(25)34)20-15-28-22-9-6-5-8-18(20)22/h5-6,8-11,14-16,28,32H,3-4,7,12-13H2,1-2H3,(H,29,33,34). The summed E-state index contributed by atoms with van der Waals surface area (Å²) in [6.07, 6.45) is 4.67. The number of amides is 2. The van der Waals surface area contributed by atoms with Gasteiger partial charge in [0.05, 0.1) is 11.1 Å². The van der Waals surface area contributed by atoms with Gasteiger partial charge in [-0.1, -0.05) is 32.0 Å². The normalized spacial score (nSPS) is 14.2. The van der Waals surface area contributed by atoms with Gasteiger partial charge in [-0.2, -0.15) is 0 Å². The van der Waals surface area contributed by atoms with E-state index >= 15 is 0 Å². The van der Waals surface area contributed by atoms with Gasteiger partial charge in [-0.3, -0.25) is 14.9 Å². The van der Waals surface area contributed by atoms with Crippen molar-refractivity contribution in [1.29, 1.82) is 0 Å². The molecular weight excluding hydrogens is 428 g/mol. The van der Waals surface area contributed by atoms with Crippen LogP contribution in [-0.2, 0) is 16.1 Å². The molecule has 7 heteroatoms. The molecule has 1 aliphatic heterocycles. The molecule has 2 amide bonds. The lowest BCUT2D eigenvalue weighted by Crippen LogP contribution is -2.24. The van der Waals surface area contributed by atoms with Gasteiger partial charge in [0.2, 0.25) is 0 Å². The summed E-state index contributed by atoms with van der Waals surface area (Å²) < 4.78 is 2.11. The van der Waals surface area contributed by atoms with Crippen molar-refractivity contribution in [3.8, 4) is 5.75 Å². The first-order valence-electron chi connectivity index (χ1n) is 11.7. The number of hydrogen-bond donors (Lipinski definition) is 3. The first kappa shape index (κ1) is 22.0. The molecule has 4 aromatic rings. The Kier molecular flexibility index (Phi) is 5.71. The number of H-pyrrole nitrogens is 1. The summed E-state index contributed by atoms with van der Waals surface area (Å²) in [4.78, 5) is 31.6. The highest BCUT2D eigenvalue weighted by Gasteiger charge is 2.35. The van der Waals surface area contributed by atoms with E-state index in [1.54, 1.807) is 18.3 Å². The number of benzene rings is 2. The van der Waals surface area contributed by atoms with Gasteiger partial charge in [-0.05, 0) is 50.3 Å². The van der Waals surface area contributed by atoms with E-state index in [1.807, 2.05) is 36.5 Å². The number of para-hydroxylation sites is 1. The molecule has 0 saturated heterocycles. The number of rotatable bonds is 8. The molecule has 0 bridgehead atoms. The fraction of sp³-hybridized carbons (Fsp3) is 0.259. The Morgan fingerprint density at radius 1 is 0.941 bits per heavy atom. The Morgan fingerprint density at radius 2 is 1.68 bits per heavy atom. The van der Waals surface area contributed by atoms with Crippen molar-refractivity contribution in [2.45, 2.75) is 26.8 Å². The van der Waals surface area contributed by atoms with Gasteiger partial charge < -0.3 is 19.6 Å². The molecule has 3 N–H and O–H groups in total. The van der Waals surface area contributed by atoms with Gasteiger partial charge in [0.15, 0.2) is 0 Å². The molecule has 0 radical (unpaired) electrons. The van der Waals surface area contributed by atoms with Crippen molar-refractivity contribution >= 4 is 44.8 Å². The summed E-state index contributed by atoms with van der Waals surface area (Å²) in [6.45, 7) is 8.07.